The monoisotopic (exact) mass is 347 g/mol. The molecule has 0 saturated carbocycles. The largest absolute Gasteiger partial charge is 0.480 e. The van der Waals surface area contributed by atoms with E-state index in [0.717, 1.165) is 24.3 Å². The smallest absolute Gasteiger partial charge is 0.416 e. The fraction of sp³-hybridized carbons (Fsp3) is 0.500. The van der Waals surface area contributed by atoms with Crippen molar-refractivity contribution in [1.82, 2.24) is 5.32 Å². The molecule has 0 heterocycles. The van der Waals surface area contributed by atoms with Gasteiger partial charge in [-0.05, 0) is 30.0 Å². The van der Waals surface area contributed by atoms with Crippen molar-refractivity contribution in [2.75, 3.05) is 0 Å². The van der Waals surface area contributed by atoms with E-state index in [1.54, 1.807) is 13.8 Å². The average molecular weight is 347 g/mol. The Morgan fingerprint density at radius 3 is 2.12 bits per heavy atom. The van der Waals surface area contributed by atoms with Crippen LogP contribution in [0.1, 0.15) is 31.4 Å². The van der Waals surface area contributed by atoms with Crippen molar-refractivity contribution in [3.05, 3.63) is 35.4 Å². The van der Waals surface area contributed by atoms with Gasteiger partial charge >= 0.3 is 12.1 Å². The van der Waals surface area contributed by atoms with Crippen molar-refractivity contribution in [2.24, 2.45) is 5.92 Å². The van der Waals surface area contributed by atoms with Crippen LogP contribution in [0.25, 0.3) is 0 Å². The fourth-order valence-corrected chi connectivity index (χ4v) is 2.09. The van der Waals surface area contributed by atoms with Crippen molar-refractivity contribution in [2.45, 2.75) is 45.0 Å². The number of carbonyl (C=O) groups is 2. The second kappa shape index (κ2) is 8.14. The Labute approximate surface area is 137 Å². The number of aliphatic carboxylic acids is 1. The number of aliphatic hydroxyl groups is 1. The summed E-state index contributed by atoms with van der Waals surface area (Å²) < 4.78 is 37.5. The highest BCUT2D eigenvalue weighted by Gasteiger charge is 2.30. The number of alkyl halides is 3. The average Bonchev–Trinajstić information content (AvgIpc) is 2.45. The number of amides is 1. The first kappa shape index (κ1) is 20.0. The molecule has 134 valence electrons. The van der Waals surface area contributed by atoms with Crippen molar-refractivity contribution in [1.29, 1.82) is 0 Å². The van der Waals surface area contributed by atoms with Crippen LogP contribution in [0.4, 0.5) is 13.2 Å². The topological polar surface area (TPSA) is 86.6 Å². The number of carboxylic acid groups (broad SMARTS) is 1. The van der Waals surface area contributed by atoms with Crippen LogP contribution in [-0.4, -0.2) is 34.2 Å². The van der Waals surface area contributed by atoms with Gasteiger partial charge in [-0.1, -0.05) is 26.0 Å². The molecule has 3 N–H and O–H groups in total. The van der Waals surface area contributed by atoms with E-state index in [2.05, 4.69) is 5.32 Å². The first-order valence-corrected chi connectivity index (χ1v) is 7.38. The zero-order chi connectivity index (χ0) is 18.5. The zero-order valence-corrected chi connectivity index (χ0v) is 13.3. The molecule has 0 aliphatic heterocycles. The number of rotatable bonds is 7. The Hall–Kier alpha value is -2.09. The van der Waals surface area contributed by atoms with Gasteiger partial charge in [0.25, 0.3) is 0 Å². The molecule has 1 aromatic rings. The van der Waals surface area contributed by atoms with Crippen LogP contribution in [0.5, 0.6) is 0 Å². The highest BCUT2D eigenvalue weighted by molar-refractivity contribution is 5.86. The van der Waals surface area contributed by atoms with E-state index in [-0.39, 0.29) is 18.8 Å². The molecular formula is C16H20F3NO4. The lowest BCUT2D eigenvalue weighted by Crippen LogP contribution is -2.46. The first-order valence-electron chi connectivity index (χ1n) is 7.38. The number of nitrogens with one attached hydrogen (secondary N) is 1. The SMILES string of the molecule is CC(C)C[C@@H](O)C(=O)N[C@H](Cc1ccc(C(F)(F)F)cc1)C(=O)O. The van der Waals surface area contributed by atoms with Crippen LogP contribution in [0, 0.1) is 5.92 Å². The van der Waals surface area contributed by atoms with Crippen molar-refractivity contribution in [3.8, 4) is 0 Å². The quantitative estimate of drug-likeness (QED) is 0.706. The van der Waals surface area contributed by atoms with E-state index in [4.69, 9.17) is 5.11 Å². The van der Waals surface area contributed by atoms with E-state index < -0.39 is 35.8 Å². The van der Waals surface area contributed by atoms with Crippen molar-refractivity contribution >= 4 is 11.9 Å². The van der Waals surface area contributed by atoms with Crippen LogP contribution in [0.3, 0.4) is 0 Å². The standard InChI is InChI=1S/C16H20F3NO4/c1-9(2)7-13(21)14(22)20-12(15(23)24)8-10-3-5-11(6-4-10)16(17,18)19/h3-6,9,12-13,21H,7-8H2,1-2H3,(H,20,22)(H,23,24)/t12-,13-/m1/s1. The Kier molecular flexibility index (Phi) is 6.77. The van der Waals surface area contributed by atoms with E-state index in [1.807, 2.05) is 0 Å². The molecule has 0 bridgehead atoms. The molecule has 24 heavy (non-hydrogen) atoms. The van der Waals surface area contributed by atoms with Gasteiger partial charge in [0.05, 0.1) is 5.56 Å². The lowest BCUT2D eigenvalue weighted by molar-refractivity contribution is -0.143. The summed E-state index contributed by atoms with van der Waals surface area (Å²) in [5, 5.41) is 21.0. The van der Waals surface area contributed by atoms with E-state index >= 15 is 0 Å². The number of aliphatic hydroxyl groups excluding tert-OH is 1. The van der Waals surface area contributed by atoms with Crippen LogP contribution < -0.4 is 5.32 Å². The van der Waals surface area contributed by atoms with Gasteiger partial charge < -0.3 is 15.5 Å². The summed E-state index contributed by atoms with van der Waals surface area (Å²) in [5.74, 6) is -2.10. The molecule has 0 spiro atoms. The number of hydrogen-bond acceptors (Lipinski definition) is 3. The van der Waals surface area contributed by atoms with Gasteiger partial charge in [0.1, 0.15) is 12.1 Å². The highest BCUT2D eigenvalue weighted by Crippen LogP contribution is 2.29. The summed E-state index contributed by atoms with van der Waals surface area (Å²) in [6, 6.07) is 2.69. The molecule has 0 saturated heterocycles. The number of carboxylic acids is 1. The third kappa shape index (κ3) is 6.19. The van der Waals surface area contributed by atoms with Gasteiger partial charge in [-0.2, -0.15) is 13.2 Å². The van der Waals surface area contributed by atoms with Gasteiger partial charge in [0, 0.05) is 6.42 Å². The summed E-state index contributed by atoms with van der Waals surface area (Å²) in [4.78, 5) is 23.0. The first-order chi connectivity index (χ1) is 11.0. The van der Waals surface area contributed by atoms with E-state index in [0.29, 0.717) is 5.56 Å². The number of carbonyl (C=O) groups excluding carboxylic acids is 1. The summed E-state index contributed by atoms with van der Waals surface area (Å²) in [6.07, 6.45) is -5.81. The third-order valence-electron chi connectivity index (χ3n) is 3.33. The van der Waals surface area contributed by atoms with Gasteiger partial charge in [-0.15, -0.1) is 0 Å². The predicted octanol–water partition coefficient (Wildman–Crippen LogP) is 2.22. The lowest BCUT2D eigenvalue weighted by atomic mass is 10.0. The predicted molar refractivity (Wildman–Crippen MR) is 80.2 cm³/mol. The molecule has 8 heteroatoms. The van der Waals surface area contributed by atoms with Crippen LogP contribution in [-0.2, 0) is 22.2 Å². The second-order valence-electron chi connectivity index (χ2n) is 5.94. The molecular weight excluding hydrogens is 327 g/mol. The van der Waals surface area contributed by atoms with Crippen molar-refractivity contribution < 1.29 is 33.0 Å². The minimum Gasteiger partial charge on any atom is -0.480 e. The maximum atomic E-state index is 12.5. The third-order valence-corrected chi connectivity index (χ3v) is 3.33. The number of hydrogen-bond donors (Lipinski definition) is 3. The summed E-state index contributed by atoms with van der Waals surface area (Å²) in [5.41, 5.74) is -0.511. The van der Waals surface area contributed by atoms with Crippen molar-refractivity contribution in [3.63, 3.8) is 0 Å². The zero-order valence-electron chi connectivity index (χ0n) is 13.3. The Balaban J connectivity index is 2.76. The molecule has 2 atom stereocenters. The summed E-state index contributed by atoms with van der Waals surface area (Å²) in [7, 11) is 0. The number of benzene rings is 1. The van der Waals surface area contributed by atoms with Gasteiger partial charge in [0.2, 0.25) is 5.91 Å². The van der Waals surface area contributed by atoms with Crippen LogP contribution in [0.2, 0.25) is 0 Å². The number of halogens is 3. The molecule has 0 fully saturated rings. The highest BCUT2D eigenvalue weighted by atomic mass is 19.4. The molecule has 0 aliphatic carbocycles. The Morgan fingerprint density at radius 2 is 1.71 bits per heavy atom. The van der Waals surface area contributed by atoms with Crippen LogP contribution in [0.15, 0.2) is 24.3 Å². The molecule has 1 amide bonds. The molecule has 0 radical (unpaired) electrons. The van der Waals surface area contributed by atoms with Gasteiger partial charge in [-0.3, -0.25) is 4.79 Å². The minimum atomic E-state index is -4.47. The molecule has 0 aliphatic rings. The molecule has 1 rings (SSSR count). The maximum absolute atomic E-state index is 12.5. The van der Waals surface area contributed by atoms with Gasteiger partial charge in [-0.25, -0.2) is 4.79 Å². The molecule has 0 aromatic heterocycles. The molecule has 1 aromatic carbocycles. The lowest BCUT2D eigenvalue weighted by Gasteiger charge is -2.18. The maximum Gasteiger partial charge on any atom is 0.416 e. The second-order valence-corrected chi connectivity index (χ2v) is 5.94. The minimum absolute atomic E-state index is 0.0453. The van der Waals surface area contributed by atoms with Gasteiger partial charge in [0.15, 0.2) is 0 Å². The fourth-order valence-electron chi connectivity index (χ4n) is 2.09. The Morgan fingerprint density at radius 1 is 1.17 bits per heavy atom. The summed E-state index contributed by atoms with van der Waals surface area (Å²) in [6.45, 7) is 3.60. The Bertz CT molecular complexity index is 570. The van der Waals surface area contributed by atoms with Crippen LogP contribution >= 0.6 is 0 Å². The normalized spacial score (nSPS) is 14.3. The summed E-state index contributed by atoms with van der Waals surface area (Å²) >= 11 is 0. The molecule has 5 nitrogen and oxygen atoms in total. The van der Waals surface area contributed by atoms with E-state index in [1.165, 1.54) is 0 Å². The molecule has 0 unspecified atom stereocenters. The van der Waals surface area contributed by atoms with E-state index in [9.17, 15) is 27.9 Å².